The molecule has 3 aromatic rings. The van der Waals surface area contributed by atoms with Gasteiger partial charge in [0.25, 0.3) is 5.91 Å². The number of halogens is 1. The van der Waals surface area contributed by atoms with Crippen LogP contribution in [0.5, 0.6) is 0 Å². The Labute approximate surface area is 156 Å². The molecule has 0 radical (unpaired) electrons. The highest BCUT2D eigenvalue weighted by atomic mass is 19.1. The summed E-state index contributed by atoms with van der Waals surface area (Å²) < 4.78 is 15.1. The highest BCUT2D eigenvalue weighted by molar-refractivity contribution is 5.93. The van der Waals surface area contributed by atoms with E-state index < -0.39 is 0 Å². The normalized spacial score (nSPS) is 15.0. The van der Waals surface area contributed by atoms with Crippen molar-refractivity contribution in [3.8, 4) is 11.3 Å². The van der Waals surface area contributed by atoms with Gasteiger partial charge in [0.05, 0.1) is 12.2 Å². The van der Waals surface area contributed by atoms with Gasteiger partial charge in [-0.25, -0.2) is 4.39 Å². The van der Waals surface area contributed by atoms with Crippen molar-refractivity contribution in [1.29, 1.82) is 0 Å². The molecule has 2 N–H and O–H groups in total. The van der Waals surface area contributed by atoms with E-state index in [4.69, 9.17) is 0 Å². The number of benzene rings is 1. The molecule has 1 aliphatic rings. The average molecular weight is 368 g/mol. The Morgan fingerprint density at radius 2 is 2.00 bits per heavy atom. The van der Waals surface area contributed by atoms with Crippen molar-refractivity contribution in [3.05, 3.63) is 54.0 Å². The van der Waals surface area contributed by atoms with E-state index in [9.17, 15) is 9.18 Å². The molecule has 1 amide bonds. The Bertz CT molecular complexity index is 910. The predicted molar refractivity (Wildman–Crippen MR) is 97.3 cm³/mol. The van der Waals surface area contributed by atoms with Crippen molar-refractivity contribution >= 4 is 5.91 Å². The Hall–Kier alpha value is -3.03. The molecular formula is C19H21FN6O. The summed E-state index contributed by atoms with van der Waals surface area (Å²) in [6.07, 6.45) is 7.71. The molecule has 1 aliphatic carbocycles. The summed E-state index contributed by atoms with van der Waals surface area (Å²) in [7, 11) is 0. The summed E-state index contributed by atoms with van der Waals surface area (Å²) >= 11 is 0. The molecule has 2 aromatic heterocycles. The van der Waals surface area contributed by atoms with Gasteiger partial charge in [0.1, 0.15) is 17.8 Å². The fourth-order valence-corrected chi connectivity index (χ4v) is 3.52. The summed E-state index contributed by atoms with van der Waals surface area (Å²) in [5.41, 5.74) is 1.67. The van der Waals surface area contributed by atoms with Crippen LogP contribution >= 0.6 is 0 Å². The number of nitrogens with zero attached hydrogens (tertiary/aromatic N) is 4. The second kappa shape index (κ2) is 7.69. The van der Waals surface area contributed by atoms with Gasteiger partial charge in [-0.1, -0.05) is 19.3 Å². The molecule has 1 aromatic carbocycles. The molecule has 0 aliphatic heterocycles. The predicted octanol–water partition coefficient (Wildman–Crippen LogP) is 3.24. The van der Waals surface area contributed by atoms with Gasteiger partial charge in [-0.15, -0.1) is 10.2 Å². The number of aromatic amines is 1. The number of carbonyl (C=O) groups is 1. The number of aromatic nitrogens is 5. The number of rotatable bonds is 5. The maximum absolute atomic E-state index is 13.0. The lowest BCUT2D eigenvalue weighted by Crippen LogP contribution is -2.26. The Morgan fingerprint density at radius 3 is 2.78 bits per heavy atom. The molecule has 1 saturated carbocycles. The molecule has 7 nitrogen and oxygen atoms in total. The quantitative estimate of drug-likeness (QED) is 0.724. The summed E-state index contributed by atoms with van der Waals surface area (Å²) in [6, 6.07) is 8.04. The summed E-state index contributed by atoms with van der Waals surface area (Å²) in [4.78, 5) is 12.4. The lowest BCUT2D eigenvalue weighted by atomic mass is 9.95. The zero-order chi connectivity index (χ0) is 18.6. The molecule has 1 fully saturated rings. The number of nitrogens with one attached hydrogen (secondary N) is 2. The number of hydrogen-bond acceptors (Lipinski definition) is 4. The third kappa shape index (κ3) is 3.89. The maximum atomic E-state index is 13.0. The molecule has 2 heterocycles. The summed E-state index contributed by atoms with van der Waals surface area (Å²) in [5, 5.41) is 17.9. The second-order valence-corrected chi connectivity index (χ2v) is 6.80. The smallest absolute Gasteiger partial charge is 0.269 e. The Kier molecular flexibility index (Phi) is 4.95. The van der Waals surface area contributed by atoms with Crippen LogP contribution in [0.15, 0.2) is 36.7 Å². The van der Waals surface area contributed by atoms with Gasteiger partial charge in [-0.3, -0.25) is 9.89 Å². The van der Waals surface area contributed by atoms with E-state index in [1.807, 2.05) is 0 Å². The van der Waals surface area contributed by atoms with Gasteiger partial charge in [0.2, 0.25) is 0 Å². The third-order valence-electron chi connectivity index (χ3n) is 4.98. The first kappa shape index (κ1) is 17.4. The first-order valence-electron chi connectivity index (χ1n) is 9.18. The fourth-order valence-electron chi connectivity index (χ4n) is 3.52. The monoisotopic (exact) mass is 368 g/mol. The van der Waals surface area contributed by atoms with Crippen molar-refractivity contribution in [2.75, 3.05) is 0 Å². The van der Waals surface area contributed by atoms with E-state index in [2.05, 4.69) is 30.3 Å². The van der Waals surface area contributed by atoms with Gasteiger partial charge in [-0.05, 0) is 43.2 Å². The van der Waals surface area contributed by atoms with Crippen LogP contribution in [0.25, 0.3) is 11.3 Å². The van der Waals surface area contributed by atoms with Crippen LogP contribution in [0.1, 0.15) is 54.5 Å². The van der Waals surface area contributed by atoms with Crippen LogP contribution in [-0.2, 0) is 6.54 Å². The fraction of sp³-hybridized carbons (Fsp3) is 0.368. The van der Waals surface area contributed by atoms with Crippen molar-refractivity contribution in [2.45, 2.75) is 44.7 Å². The van der Waals surface area contributed by atoms with Crippen molar-refractivity contribution in [1.82, 2.24) is 30.3 Å². The Morgan fingerprint density at radius 1 is 1.22 bits per heavy atom. The summed E-state index contributed by atoms with van der Waals surface area (Å²) in [6.45, 7) is 0.306. The molecule has 140 valence electrons. The van der Waals surface area contributed by atoms with E-state index in [0.717, 1.165) is 24.2 Å². The topological polar surface area (TPSA) is 88.5 Å². The van der Waals surface area contributed by atoms with Crippen LogP contribution in [0.2, 0.25) is 0 Å². The third-order valence-corrected chi connectivity index (χ3v) is 4.98. The number of amides is 1. The number of H-pyrrole nitrogens is 1. The molecule has 0 saturated heterocycles. The molecule has 8 heteroatoms. The van der Waals surface area contributed by atoms with E-state index in [1.165, 1.54) is 31.4 Å². The van der Waals surface area contributed by atoms with Gasteiger partial charge >= 0.3 is 0 Å². The lowest BCUT2D eigenvalue weighted by molar-refractivity contribution is 0.0944. The van der Waals surface area contributed by atoms with Crippen LogP contribution < -0.4 is 5.32 Å². The highest BCUT2D eigenvalue weighted by Gasteiger charge is 2.19. The number of carbonyl (C=O) groups excluding carboxylic acids is 1. The average Bonchev–Trinajstić information content (AvgIpc) is 3.37. The van der Waals surface area contributed by atoms with Crippen LogP contribution in [0, 0.1) is 5.82 Å². The van der Waals surface area contributed by atoms with Crippen molar-refractivity contribution in [3.63, 3.8) is 0 Å². The minimum Gasteiger partial charge on any atom is -0.343 e. The minimum absolute atomic E-state index is 0.269. The standard InChI is InChI=1S/C19H21FN6O/c20-14-8-6-13(7-9-14)16-10-17(24-23-16)19(27)21-11-18-25-22-12-26(18)15-4-2-1-3-5-15/h6-10,12,15H,1-5,11H2,(H,21,27)(H,23,24). The van der Waals surface area contributed by atoms with Crippen LogP contribution in [0.3, 0.4) is 0 Å². The van der Waals surface area contributed by atoms with E-state index in [1.54, 1.807) is 24.5 Å². The van der Waals surface area contributed by atoms with E-state index in [0.29, 0.717) is 24.0 Å². The van der Waals surface area contributed by atoms with E-state index in [-0.39, 0.29) is 11.7 Å². The van der Waals surface area contributed by atoms with Gasteiger partial charge < -0.3 is 9.88 Å². The van der Waals surface area contributed by atoms with Gasteiger partial charge in [0.15, 0.2) is 5.82 Å². The zero-order valence-corrected chi connectivity index (χ0v) is 14.9. The lowest BCUT2D eigenvalue weighted by Gasteiger charge is -2.23. The minimum atomic E-state index is -0.311. The molecule has 4 rings (SSSR count). The van der Waals surface area contributed by atoms with Gasteiger partial charge in [-0.2, -0.15) is 5.10 Å². The van der Waals surface area contributed by atoms with Crippen LogP contribution in [0.4, 0.5) is 4.39 Å². The van der Waals surface area contributed by atoms with E-state index >= 15 is 0 Å². The largest absolute Gasteiger partial charge is 0.343 e. The first-order chi connectivity index (χ1) is 13.2. The zero-order valence-electron chi connectivity index (χ0n) is 14.9. The molecule has 27 heavy (non-hydrogen) atoms. The van der Waals surface area contributed by atoms with Crippen molar-refractivity contribution in [2.24, 2.45) is 0 Å². The first-order valence-corrected chi connectivity index (χ1v) is 9.18. The highest BCUT2D eigenvalue weighted by Crippen LogP contribution is 2.28. The molecule has 0 atom stereocenters. The van der Waals surface area contributed by atoms with Gasteiger partial charge in [0, 0.05) is 11.6 Å². The Balaban J connectivity index is 1.40. The molecule has 0 unspecified atom stereocenters. The molecule has 0 spiro atoms. The van der Waals surface area contributed by atoms with Crippen LogP contribution in [-0.4, -0.2) is 30.9 Å². The number of hydrogen-bond donors (Lipinski definition) is 2. The summed E-state index contributed by atoms with van der Waals surface area (Å²) in [5.74, 6) is 0.178. The molecular weight excluding hydrogens is 347 g/mol. The second-order valence-electron chi connectivity index (χ2n) is 6.80. The molecule has 0 bridgehead atoms. The van der Waals surface area contributed by atoms with Crippen molar-refractivity contribution < 1.29 is 9.18 Å². The SMILES string of the molecule is O=C(NCc1nncn1C1CCCCC1)c1cc(-c2ccc(F)cc2)n[nH]1. The maximum Gasteiger partial charge on any atom is 0.269 e.